The Labute approximate surface area is 128 Å². The molecular weight excluding hydrogens is 312 g/mol. The van der Waals surface area contributed by atoms with Crippen LogP contribution >= 0.6 is 11.5 Å². The van der Waals surface area contributed by atoms with Crippen LogP contribution in [0.25, 0.3) is 0 Å². The lowest BCUT2D eigenvalue weighted by Crippen LogP contribution is -2.35. The number of primary amides is 1. The molecule has 2 rings (SSSR count). The van der Waals surface area contributed by atoms with E-state index in [2.05, 4.69) is 4.37 Å². The summed E-state index contributed by atoms with van der Waals surface area (Å²) in [5, 5.41) is 0.617. The first-order valence-electron chi connectivity index (χ1n) is 6.86. The van der Waals surface area contributed by atoms with Crippen LogP contribution < -0.4 is 16.4 Å². The first kappa shape index (κ1) is 16.0. The Hall–Kier alpha value is -1.35. The summed E-state index contributed by atoms with van der Waals surface area (Å²) in [6.45, 7) is 2.97. The average Bonchev–Trinajstić information content (AvgIpc) is 2.81. The molecule has 9 heteroatoms. The molecule has 7 nitrogen and oxygen atoms in total. The molecule has 118 valence electrons. The zero-order valence-corrected chi connectivity index (χ0v) is 13.5. The van der Waals surface area contributed by atoms with Gasteiger partial charge >= 0.3 is 0 Å². The minimum absolute atomic E-state index is 0.000748. The Bertz CT molecular complexity index is 618. The number of carbonyl (C=O) groups is 1. The molecule has 1 aromatic rings. The molecule has 2 heterocycles. The second-order valence-electron chi connectivity index (χ2n) is 5.21. The zero-order chi connectivity index (χ0) is 15.6. The molecule has 1 aliphatic rings. The molecule has 1 saturated heterocycles. The zero-order valence-electron chi connectivity index (χ0n) is 11.9. The largest absolute Gasteiger partial charge is 0.382 e. The molecule has 0 saturated carbocycles. The molecule has 0 aliphatic carbocycles. The quantitative estimate of drug-likeness (QED) is 0.815. The van der Waals surface area contributed by atoms with Gasteiger partial charge in [0.2, 0.25) is 5.91 Å². The van der Waals surface area contributed by atoms with Gasteiger partial charge in [0.1, 0.15) is 9.90 Å². The van der Waals surface area contributed by atoms with Crippen molar-refractivity contribution in [3.8, 4) is 0 Å². The van der Waals surface area contributed by atoms with Crippen LogP contribution in [0.4, 0.5) is 10.8 Å². The van der Waals surface area contributed by atoms with E-state index in [9.17, 15) is 13.2 Å². The van der Waals surface area contributed by atoms with Gasteiger partial charge in [0.15, 0.2) is 15.7 Å². The molecule has 0 unspecified atom stereocenters. The van der Waals surface area contributed by atoms with Gasteiger partial charge in [-0.1, -0.05) is 6.92 Å². The standard InChI is InChI=1S/C12H20N4O3S2/c1-2-21(18,19)10-11(14)15-20-12(10)16-5-3-8(4-6-16)7-9(13)17/h8H,2-7H2,1H3,(H2,13,17)(H2,14,15). The highest BCUT2D eigenvalue weighted by molar-refractivity contribution is 7.91. The summed E-state index contributed by atoms with van der Waals surface area (Å²) in [7, 11) is -3.39. The number of rotatable bonds is 5. The Morgan fingerprint density at radius 1 is 1.43 bits per heavy atom. The Balaban J connectivity index is 2.17. The molecule has 0 atom stereocenters. The van der Waals surface area contributed by atoms with Crippen molar-refractivity contribution >= 4 is 38.1 Å². The number of piperidine rings is 1. The van der Waals surface area contributed by atoms with Gasteiger partial charge in [0.25, 0.3) is 0 Å². The minimum Gasteiger partial charge on any atom is -0.382 e. The van der Waals surface area contributed by atoms with E-state index in [1.165, 1.54) is 0 Å². The van der Waals surface area contributed by atoms with Crippen molar-refractivity contribution in [3.05, 3.63) is 0 Å². The lowest BCUT2D eigenvalue weighted by Gasteiger charge is -2.32. The van der Waals surface area contributed by atoms with Crippen molar-refractivity contribution in [1.82, 2.24) is 4.37 Å². The van der Waals surface area contributed by atoms with Gasteiger partial charge < -0.3 is 16.4 Å². The number of hydrogen-bond acceptors (Lipinski definition) is 7. The molecular formula is C12H20N4O3S2. The van der Waals surface area contributed by atoms with E-state index >= 15 is 0 Å². The van der Waals surface area contributed by atoms with Crippen LogP contribution in [-0.2, 0) is 14.6 Å². The van der Waals surface area contributed by atoms with Gasteiger partial charge in [0, 0.05) is 19.5 Å². The smallest absolute Gasteiger partial charge is 0.217 e. The molecule has 4 N–H and O–H groups in total. The number of hydrogen-bond donors (Lipinski definition) is 2. The molecule has 0 spiro atoms. The van der Waals surface area contributed by atoms with Crippen LogP contribution in [0.5, 0.6) is 0 Å². The Morgan fingerprint density at radius 2 is 2.05 bits per heavy atom. The van der Waals surface area contributed by atoms with Crippen molar-refractivity contribution in [2.45, 2.75) is 31.1 Å². The number of nitrogen functional groups attached to an aromatic ring is 1. The van der Waals surface area contributed by atoms with Gasteiger partial charge in [-0.3, -0.25) is 4.79 Å². The first-order chi connectivity index (χ1) is 9.85. The van der Waals surface area contributed by atoms with Crippen molar-refractivity contribution in [2.75, 3.05) is 29.5 Å². The monoisotopic (exact) mass is 332 g/mol. The predicted molar refractivity (Wildman–Crippen MR) is 83.0 cm³/mol. The maximum Gasteiger partial charge on any atom is 0.217 e. The van der Waals surface area contributed by atoms with Crippen LogP contribution in [0, 0.1) is 5.92 Å². The molecule has 21 heavy (non-hydrogen) atoms. The topological polar surface area (TPSA) is 119 Å². The van der Waals surface area contributed by atoms with Crippen molar-refractivity contribution < 1.29 is 13.2 Å². The molecule has 0 radical (unpaired) electrons. The fraction of sp³-hybridized carbons (Fsp3) is 0.667. The van der Waals surface area contributed by atoms with Crippen LogP contribution in [0.15, 0.2) is 4.90 Å². The third-order valence-electron chi connectivity index (χ3n) is 3.74. The van der Waals surface area contributed by atoms with Crippen LogP contribution in [0.2, 0.25) is 0 Å². The number of aromatic nitrogens is 1. The van der Waals surface area contributed by atoms with E-state index in [1.54, 1.807) is 6.92 Å². The molecule has 1 fully saturated rings. The lowest BCUT2D eigenvalue weighted by molar-refractivity contribution is -0.119. The summed E-state index contributed by atoms with van der Waals surface area (Å²) < 4.78 is 28.3. The number of anilines is 2. The highest BCUT2D eigenvalue weighted by Gasteiger charge is 2.29. The van der Waals surface area contributed by atoms with Gasteiger partial charge in [-0.15, -0.1) is 0 Å². The molecule has 0 aromatic carbocycles. The SMILES string of the molecule is CCS(=O)(=O)c1c(N)nsc1N1CCC(CC(N)=O)CC1. The summed E-state index contributed by atoms with van der Waals surface area (Å²) in [5.41, 5.74) is 11.0. The fourth-order valence-corrected chi connectivity index (χ4v) is 4.91. The summed E-state index contributed by atoms with van der Waals surface area (Å²) in [5.74, 6) is 0.0666. The van der Waals surface area contributed by atoms with E-state index in [4.69, 9.17) is 11.5 Å². The Morgan fingerprint density at radius 3 is 2.57 bits per heavy atom. The number of nitrogens with two attached hydrogens (primary N) is 2. The minimum atomic E-state index is -3.39. The van der Waals surface area contributed by atoms with Gasteiger partial charge in [-0.25, -0.2) is 8.42 Å². The van der Waals surface area contributed by atoms with Crippen LogP contribution in [0.3, 0.4) is 0 Å². The van der Waals surface area contributed by atoms with Crippen LogP contribution in [-0.4, -0.2) is 37.5 Å². The van der Waals surface area contributed by atoms with Crippen molar-refractivity contribution in [3.63, 3.8) is 0 Å². The van der Waals surface area contributed by atoms with E-state index in [1.807, 2.05) is 4.90 Å². The van der Waals surface area contributed by atoms with E-state index in [0.717, 1.165) is 24.4 Å². The first-order valence-corrected chi connectivity index (χ1v) is 9.29. The summed E-state index contributed by atoms with van der Waals surface area (Å²) in [4.78, 5) is 13.1. The summed E-state index contributed by atoms with van der Waals surface area (Å²) in [6.07, 6.45) is 2.01. The molecule has 1 aromatic heterocycles. The highest BCUT2D eigenvalue weighted by Crippen LogP contribution is 2.37. The van der Waals surface area contributed by atoms with E-state index < -0.39 is 9.84 Å². The van der Waals surface area contributed by atoms with Crippen LogP contribution in [0.1, 0.15) is 26.2 Å². The van der Waals surface area contributed by atoms with Gasteiger partial charge in [-0.05, 0) is 30.3 Å². The molecule has 0 bridgehead atoms. The highest BCUT2D eigenvalue weighted by atomic mass is 32.2. The summed E-state index contributed by atoms with van der Waals surface area (Å²) in [6, 6.07) is 0. The molecule has 1 aliphatic heterocycles. The van der Waals surface area contributed by atoms with Gasteiger partial charge in [0.05, 0.1) is 5.75 Å². The predicted octanol–water partition coefficient (Wildman–Crippen LogP) is 0.611. The third-order valence-corrected chi connectivity index (χ3v) is 6.58. The third kappa shape index (κ3) is 3.46. The second-order valence-corrected chi connectivity index (χ2v) is 8.17. The van der Waals surface area contributed by atoms with Crippen molar-refractivity contribution in [2.24, 2.45) is 11.7 Å². The maximum absolute atomic E-state index is 12.2. The molecule has 1 amide bonds. The average molecular weight is 332 g/mol. The number of nitrogens with zero attached hydrogens (tertiary/aromatic N) is 2. The number of amides is 1. The number of sulfone groups is 1. The lowest BCUT2D eigenvalue weighted by atomic mass is 9.93. The van der Waals surface area contributed by atoms with Crippen molar-refractivity contribution in [1.29, 1.82) is 0 Å². The van der Waals surface area contributed by atoms with Gasteiger partial charge in [-0.2, -0.15) is 4.37 Å². The van der Waals surface area contributed by atoms with E-state index in [0.29, 0.717) is 24.5 Å². The number of carbonyl (C=O) groups excluding carboxylic acids is 1. The normalized spacial score (nSPS) is 17.1. The summed E-state index contributed by atoms with van der Waals surface area (Å²) >= 11 is 1.12. The second kappa shape index (κ2) is 6.18. The maximum atomic E-state index is 12.2. The van der Waals surface area contributed by atoms with E-state index in [-0.39, 0.29) is 28.3 Å². The Kier molecular flexibility index (Phi) is 4.72. The fourth-order valence-electron chi connectivity index (χ4n) is 2.55.